The van der Waals surface area contributed by atoms with Crippen LogP contribution in [-0.4, -0.2) is 86.2 Å². The number of aryl methyl sites for hydroxylation is 1. The van der Waals surface area contributed by atoms with Crippen molar-refractivity contribution in [3.05, 3.63) is 156 Å². The third-order valence-electron chi connectivity index (χ3n) is 14.5. The number of unbranched alkanes of at least 4 members (excludes halogenated alkanes) is 9. The van der Waals surface area contributed by atoms with Crippen LogP contribution in [0.3, 0.4) is 0 Å². The lowest BCUT2D eigenvalue weighted by atomic mass is 10.0. The lowest BCUT2D eigenvalue weighted by Crippen LogP contribution is -2.49. The minimum atomic E-state index is -1.36. The molecule has 0 bridgehead atoms. The first-order valence-electron chi connectivity index (χ1n) is 26.4. The molecule has 0 unspecified atom stereocenters. The van der Waals surface area contributed by atoms with Crippen molar-refractivity contribution in [2.45, 2.75) is 111 Å². The highest BCUT2D eigenvalue weighted by Crippen LogP contribution is 2.48. The molecule has 5 aromatic rings. The summed E-state index contributed by atoms with van der Waals surface area (Å²) in [6, 6.07) is 18.5. The molecule has 4 aromatic carbocycles. The number of carbonyl (C=O) groups excluding carboxylic acids is 1. The number of hydrogen-bond donors (Lipinski definition) is 2. The van der Waals surface area contributed by atoms with Crippen LogP contribution in [-0.2, 0) is 17.8 Å². The molecule has 0 radical (unpaired) electrons. The van der Waals surface area contributed by atoms with Gasteiger partial charge < -0.3 is 20.0 Å². The number of benzene rings is 4. The van der Waals surface area contributed by atoms with E-state index in [0.29, 0.717) is 24.6 Å². The van der Waals surface area contributed by atoms with Gasteiger partial charge in [-0.15, -0.1) is 0 Å². The van der Waals surface area contributed by atoms with Gasteiger partial charge in [0.25, 0.3) is 11.4 Å². The van der Waals surface area contributed by atoms with E-state index in [4.69, 9.17) is 0 Å². The van der Waals surface area contributed by atoms with Crippen molar-refractivity contribution in [2.75, 3.05) is 56.5 Å². The van der Waals surface area contributed by atoms with Gasteiger partial charge in [-0.05, 0) is 80.1 Å². The fourth-order valence-electron chi connectivity index (χ4n) is 9.62. The Balaban J connectivity index is 0.997. The normalized spacial score (nSPS) is 11.4. The molecule has 24 heteroatoms. The predicted molar refractivity (Wildman–Crippen MR) is 298 cm³/mol. The van der Waals surface area contributed by atoms with Gasteiger partial charge in [0.05, 0.1) is 80.3 Å². The SMILES string of the molecule is CC[N+](CC)(CC)CCC[n+]1ccc(/C=C/c2ccc3cc(N(C)CCCCCCCCCCCCNC(=O)CCc4c([N+](=O)[O-])cc([N+](=O)[O-])c(Nc5c([N+](=O)[O-])cc([N+](=O)[O-])cc5[N+](=O)[O-])c4[N+](=O)[O-])ccc3c2)cc1. The third kappa shape index (κ3) is 16.7. The van der Waals surface area contributed by atoms with Crippen molar-refractivity contribution >= 4 is 80.0 Å². The second-order valence-corrected chi connectivity index (χ2v) is 19.3. The zero-order valence-corrected chi connectivity index (χ0v) is 44.6. The van der Waals surface area contributed by atoms with Crippen LogP contribution >= 0.6 is 0 Å². The van der Waals surface area contributed by atoms with Crippen LogP contribution in [0.4, 0.5) is 51.2 Å². The Kier molecular flexibility index (Phi) is 22.5. The molecular weight excluding hydrogens is 1010 g/mol. The Hall–Kier alpha value is -8.54. The number of pyridine rings is 1. The number of non-ortho nitro benzene ring substituents is 1. The molecule has 0 fully saturated rings. The number of hydrogen-bond acceptors (Lipinski definition) is 15. The second-order valence-electron chi connectivity index (χ2n) is 19.3. The van der Waals surface area contributed by atoms with Gasteiger partial charge in [-0.25, -0.2) is 4.57 Å². The number of aromatic nitrogens is 1. The smallest absolute Gasteiger partial charge is 0.309 e. The number of nitro benzene ring substituents is 6. The van der Waals surface area contributed by atoms with Gasteiger partial charge in [-0.3, -0.25) is 65.5 Å². The maximum atomic E-state index is 12.8. The first kappa shape index (κ1) is 60.3. The topological polar surface area (TPSA) is 307 Å². The minimum Gasteiger partial charge on any atom is -0.375 e. The van der Waals surface area contributed by atoms with Gasteiger partial charge in [0.2, 0.25) is 5.91 Å². The highest BCUT2D eigenvalue weighted by molar-refractivity contribution is 5.91. The molecule has 0 atom stereocenters. The van der Waals surface area contributed by atoms with E-state index in [9.17, 15) is 65.5 Å². The number of anilines is 3. The molecule has 0 saturated carbocycles. The van der Waals surface area contributed by atoms with E-state index < -0.39 is 99.4 Å². The van der Waals surface area contributed by atoms with Crippen molar-refractivity contribution in [3.63, 3.8) is 0 Å². The molecule has 0 aliphatic carbocycles. The number of rotatable bonds is 34. The highest BCUT2D eigenvalue weighted by Gasteiger charge is 2.40. The van der Waals surface area contributed by atoms with Gasteiger partial charge in [-0.2, -0.15) is 0 Å². The molecule has 5 rings (SSSR count). The van der Waals surface area contributed by atoms with Crippen LogP contribution in [0.2, 0.25) is 0 Å². The van der Waals surface area contributed by atoms with Gasteiger partial charge in [0.15, 0.2) is 30.3 Å². The van der Waals surface area contributed by atoms with Crippen LogP contribution in [0.15, 0.2) is 79.1 Å². The average molecular weight is 1080 g/mol. The monoisotopic (exact) mass is 1080 g/mol. The van der Waals surface area contributed by atoms with Gasteiger partial charge in [0.1, 0.15) is 5.56 Å². The Labute approximate surface area is 451 Å². The van der Waals surface area contributed by atoms with E-state index in [1.807, 2.05) is 5.32 Å². The summed E-state index contributed by atoms with van der Waals surface area (Å²) in [5.41, 5.74) is -7.33. The molecule has 1 aromatic heterocycles. The molecule has 0 saturated heterocycles. The number of amides is 1. The number of fused-ring (bicyclic) bond motifs is 1. The second kappa shape index (κ2) is 29.1. The molecule has 1 amide bonds. The van der Waals surface area contributed by atoms with E-state index in [1.54, 1.807) is 0 Å². The molecule has 78 heavy (non-hydrogen) atoms. The lowest BCUT2D eigenvalue weighted by Gasteiger charge is -2.35. The minimum absolute atomic E-state index is 0.239. The maximum Gasteiger partial charge on any atom is 0.309 e. The summed E-state index contributed by atoms with van der Waals surface area (Å²) < 4.78 is 3.45. The van der Waals surface area contributed by atoms with Gasteiger partial charge >= 0.3 is 22.7 Å². The van der Waals surface area contributed by atoms with Crippen molar-refractivity contribution < 1.29 is 43.4 Å². The van der Waals surface area contributed by atoms with Crippen LogP contribution in [0, 0.1) is 60.7 Å². The summed E-state index contributed by atoms with van der Waals surface area (Å²) in [7, 11) is 2.13. The fraction of sp³-hybridized carbons (Fsp3) is 0.444. The third-order valence-corrected chi connectivity index (χ3v) is 14.5. The molecule has 0 aliphatic heterocycles. The number of nitrogens with zero attached hydrogens (tertiary/aromatic N) is 9. The van der Waals surface area contributed by atoms with Crippen molar-refractivity contribution in [3.8, 4) is 0 Å². The quantitative estimate of drug-likeness (QED) is 0.0127. The Bertz CT molecular complexity index is 2960. The van der Waals surface area contributed by atoms with Crippen molar-refractivity contribution in [2.24, 2.45) is 0 Å². The number of nitrogens with one attached hydrogen (secondary N) is 2. The first-order valence-corrected chi connectivity index (χ1v) is 26.4. The standard InChI is InChI=1S/C54H68N11O13/c1-5-65(6-2,7-3)34-18-31-58-32-27-40(28-33-58)19-20-41-21-22-43-36-44(24-23-42(43)35-41)57(4)30-17-15-13-11-9-8-10-12-14-16-29-55-51(66)26-25-46-47(60(69)70)39-50(63(75)76)53(54(46)64(77)78)56-52-48(61(71)72)37-45(59(67)68)38-49(52)62(73)74/h19-24,27-28,32-33,35-39,56H,5-18,25-26,29-31,34H2,1-4H3/q+1/p+1. The van der Waals surface area contributed by atoms with Gasteiger partial charge in [0, 0.05) is 44.4 Å². The van der Waals surface area contributed by atoms with Crippen LogP contribution in [0.1, 0.15) is 115 Å². The average Bonchev–Trinajstić information content (AvgIpc) is 3.47. The molecule has 24 nitrogen and oxygen atoms in total. The molecule has 1 heterocycles. The summed E-state index contributed by atoms with van der Waals surface area (Å²) >= 11 is 0. The molecule has 416 valence electrons. The molecule has 2 N–H and O–H groups in total. The Morgan fingerprint density at radius 2 is 1.10 bits per heavy atom. The van der Waals surface area contributed by atoms with Crippen molar-refractivity contribution in [1.82, 2.24) is 5.32 Å². The fourth-order valence-corrected chi connectivity index (χ4v) is 9.62. The van der Waals surface area contributed by atoms with Crippen LogP contribution in [0.5, 0.6) is 0 Å². The summed E-state index contributed by atoms with van der Waals surface area (Å²) in [6.07, 6.45) is 18.6. The maximum absolute atomic E-state index is 12.8. The predicted octanol–water partition coefficient (Wildman–Crippen LogP) is 11.8. The lowest BCUT2D eigenvalue weighted by molar-refractivity contribution is -0.925. The molecule has 0 aliphatic rings. The summed E-state index contributed by atoms with van der Waals surface area (Å²) in [5.74, 6) is -0.645. The zero-order chi connectivity index (χ0) is 56.9. The van der Waals surface area contributed by atoms with E-state index in [2.05, 4.69) is 116 Å². The van der Waals surface area contributed by atoms with Crippen LogP contribution in [0.25, 0.3) is 22.9 Å². The molecular formula is C54H69N11O13+2. The number of nitro groups is 6. The first-order chi connectivity index (χ1) is 37.3. The van der Waals surface area contributed by atoms with E-state index in [0.717, 1.165) is 76.4 Å². The summed E-state index contributed by atoms with van der Waals surface area (Å²) in [6.45, 7) is 13.8. The van der Waals surface area contributed by atoms with Crippen molar-refractivity contribution in [1.29, 1.82) is 0 Å². The van der Waals surface area contributed by atoms with E-state index >= 15 is 0 Å². The summed E-state index contributed by atoms with van der Waals surface area (Å²) in [4.78, 5) is 79.3. The number of quaternary nitrogens is 1. The van der Waals surface area contributed by atoms with E-state index in [1.165, 1.54) is 59.1 Å². The summed E-state index contributed by atoms with van der Waals surface area (Å²) in [5, 5.41) is 78.7. The largest absolute Gasteiger partial charge is 0.375 e. The Morgan fingerprint density at radius 3 is 1.65 bits per heavy atom. The Morgan fingerprint density at radius 1 is 0.577 bits per heavy atom. The molecule has 0 spiro atoms. The zero-order valence-electron chi connectivity index (χ0n) is 44.6. The van der Waals surface area contributed by atoms with Gasteiger partial charge in [-0.1, -0.05) is 81.7 Å². The van der Waals surface area contributed by atoms with E-state index in [-0.39, 0.29) is 6.54 Å². The van der Waals surface area contributed by atoms with Crippen LogP contribution < -0.4 is 20.1 Å². The highest BCUT2D eigenvalue weighted by atomic mass is 16.6. The number of carbonyl (C=O) groups is 1.